The number of ether oxygens (including phenoxy) is 1. The van der Waals surface area contributed by atoms with Gasteiger partial charge in [0.2, 0.25) is 0 Å². The van der Waals surface area contributed by atoms with Crippen molar-refractivity contribution >= 4 is 47.1 Å². The lowest BCUT2D eigenvalue weighted by atomic mass is 10.1. The number of carbonyl (C=O) groups excluding carboxylic acids is 4. The lowest BCUT2D eigenvalue weighted by molar-refractivity contribution is -0.123. The van der Waals surface area contributed by atoms with E-state index in [1.54, 1.807) is 0 Å². The zero-order valence-electron chi connectivity index (χ0n) is 14.7. The highest BCUT2D eigenvalue weighted by Crippen LogP contribution is 2.28. The van der Waals surface area contributed by atoms with Crippen LogP contribution in [0, 0.1) is 0 Å². The van der Waals surface area contributed by atoms with E-state index in [1.807, 2.05) is 0 Å². The zero-order chi connectivity index (χ0) is 21.1. The maximum atomic E-state index is 12.8. The maximum absolute atomic E-state index is 12.8. The Morgan fingerprint density at radius 3 is 2.48 bits per heavy atom. The summed E-state index contributed by atoms with van der Waals surface area (Å²) in [6, 6.07) is 8.82. The number of phenols is 1. The summed E-state index contributed by atoms with van der Waals surface area (Å²) in [4.78, 5) is 48.7. The number of amides is 5. The van der Waals surface area contributed by atoms with Crippen LogP contribution in [0.5, 0.6) is 11.5 Å². The van der Waals surface area contributed by atoms with E-state index in [0.29, 0.717) is 5.56 Å². The molecule has 29 heavy (non-hydrogen) atoms. The first kappa shape index (κ1) is 19.9. The number of anilines is 1. The molecule has 0 aliphatic carbocycles. The quantitative estimate of drug-likeness (QED) is 0.500. The molecule has 2 aromatic carbocycles. The molecule has 0 bridgehead atoms. The largest absolute Gasteiger partial charge is 0.508 e. The molecule has 0 spiro atoms. The number of carbonyl (C=O) groups is 4. The van der Waals surface area contributed by atoms with E-state index in [4.69, 9.17) is 22.1 Å². The van der Waals surface area contributed by atoms with Gasteiger partial charge in [0.05, 0.1) is 10.7 Å². The van der Waals surface area contributed by atoms with Crippen LogP contribution in [0.1, 0.15) is 5.56 Å². The number of nitrogens with one attached hydrogen (secondary N) is 1. The van der Waals surface area contributed by atoms with Crippen molar-refractivity contribution in [2.24, 2.45) is 5.73 Å². The van der Waals surface area contributed by atoms with Gasteiger partial charge < -0.3 is 15.6 Å². The molecule has 1 heterocycles. The molecule has 5 amide bonds. The van der Waals surface area contributed by atoms with Crippen LogP contribution >= 0.6 is 11.6 Å². The van der Waals surface area contributed by atoms with Gasteiger partial charge in [-0.2, -0.15) is 0 Å². The minimum Gasteiger partial charge on any atom is -0.508 e. The van der Waals surface area contributed by atoms with Crippen molar-refractivity contribution in [2.45, 2.75) is 0 Å². The van der Waals surface area contributed by atoms with Gasteiger partial charge in [-0.1, -0.05) is 17.7 Å². The van der Waals surface area contributed by atoms with Gasteiger partial charge in [-0.05, 0) is 48.0 Å². The van der Waals surface area contributed by atoms with E-state index in [9.17, 15) is 24.3 Å². The van der Waals surface area contributed by atoms with Crippen molar-refractivity contribution in [3.05, 3.63) is 58.6 Å². The number of aromatic hydroxyl groups is 1. The van der Waals surface area contributed by atoms with E-state index >= 15 is 0 Å². The molecule has 0 unspecified atom stereocenters. The van der Waals surface area contributed by atoms with Crippen molar-refractivity contribution in [2.75, 3.05) is 11.5 Å². The zero-order valence-corrected chi connectivity index (χ0v) is 15.5. The molecule has 0 radical (unpaired) electrons. The van der Waals surface area contributed by atoms with Crippen LogP contribution in [0.25, 0.3) is 6.08 Å². The van der Waals surface area contributed by atoms with Crippen molar-refractivity contribution in [1.29, 1.82) is 0 Å². The summed E-state index contributed by atoms with van der Waals surface area (Å²) in [5.41, 5.74) is 5.28. The number of phenolic OH excluding ortho intramolecular Hbond substituents is 1. The number of halogens is 1. The molecule has 0 aromatic heterocycles. The van der Waals surface area contributed by atoms with Crippen LogP contribution in [-0.2, 0) is 14.4 Å². The summed E-state index contributed by atoms with van der Waals surface area (Å²) in [5, 5.41) is 11.6. The van der Waals surface area contributed by atoms with E-state index in [1.165, 1.54) is 48.5 Å². The van der Waals surface area contributed by atoms with Gasteiger partial charge in [-0.3, -0.25) is 19.7 Å². The van der Waals surface area contributed by atoms with Crippen LogP contribution in [-0.4, -0.2) is 35.5 Å². The molecular weight excluding hydrogens is 402 g/mol. The highest BCUT2D eigenvalue weighted by molar-refractivity contribution is 6.39. The number of urea groups is 1. The number of barbiturate groups is 1. The van der Waals surface area contributed by atoms with Gasteiger partial charge in [0.15, 0.2) is 6.61 Å². The number of primary amides is 1. The number of rotatable bonds is 5. The highest BCUT2D eigenvalue weighted by Gasteiger charge is 2.36. The SMILES string of the molecule is NC(=O)COc1ccc(/C=C2\C(=O)NC(=O)N(c3ccc(O)cc3)C2=O)cc1Cl. The van der Waals surface area contributed by atoms with Gasteiger partial charge in [0, 0.05) is 0 Å². The Balaban J connectivity index is 1.91. The normalized spacial score (nSPS) is 15.4. The van der Waals surface area contributed by atoms with Gasteiger partial charge in [0.1, 0.15) is 17.1 Å². The second-order valence-electron chi connectivity index (χ2n) is 5.92. The fourth-order valence-electron chi connectivity index (χ4n) is 2.53. The Kier molecular flexibility index (Phi) is 5.51. The van der Waals surface area contributed by atoms with Crippen LogP contribution < -0.4 is 20.7 Å². The molecule has 1 aliphatic rings. The molecule has 0 saturated carbocycles. The third-order valence-corrected chi connectivity index (χ3v) is 4.14. The van der Waals surface area contributed by atoms with Crippen molar-refractivity contribution in [3.63, 3.8) is 0 Å². The molecule has 2 aromatic rings. The Morgan fingerprint density at radius 2 is 1.86 bits per heavy atom. The second-order valence-corrected chi connectivity index (χ2v) is 6.33. The molecule has 3 rings (SSSR count). The van der Waals surface area contributed by atoms with Gasteiger partial charge >= 0.3 is 6.03 Å². The number of nitrogens with two attached hydrogens (primary N) is 1. The Hall–Kier alpha value is -3.85. The fourth-order valence-corrected chi connectivity index (χ4v) is 2.78. The Morgan fingerprint density at radius 1 is 1.17 bits per heavy atom. The van der Waals surface area contributed by atoms with Gasteiger partial charge in [-0.15, -0.1) is 0 Å². The number of nitrogens with zero attached hydrogens (tertiary/aromatic N) is 1. The predicted molar refractivity (Wildman–Crippen MR) is 103 cm³/mol. The fraction of sp³-hybridized carbons (Fsp3) is 0.0526. The number of hydrogen-bond donors (Lipinski definition) is 3. The lowest BCUT2D eigenvalue weighted by Gasteiger charge is -2.26. The van der Waals surface area contributed by atoms with Crippen molar-refractivity contribution in [3.8, 4) is 11.5 Å². The van der Waals surface area contributed by atoms with E-state index in [0.717, 1.165) is 4.90 Å². The molecule has 1 saturated heterocycles. The van der Waals surface area contributed by atoms with Crippen molar-refractivity contribution in [1.82, 2.24) is 5.32 Å². The summed E-state index contributed by atoms with van der Waals surface area (Å²) in [5.74, 6) is -2.21. The van der Waals surface area contributed by atoms with E-state index in [2.05, 4.69) is 5.32 Å². The van der Waals surface area contributed by atoms with Crippen LogP contribution in [0.15, 0.2) is 48.0 Å². The second kappa shape index (κ2) is 8.03. The molecule has 4 N–H and O–H groups in total. The third kappa shape index (κ3) is 4.36. The first-order valence-electron chi connectivity index (χ1n) is 8.17. The van der Waals surface area contributed by atoms with Crippen LogP contribution in [0.4, 0.5) is 10.5 Å². The summed E-state index contributed by atoms with van der Waals surface area (Å²) in [6.45, 7) is -0.356. The minimum atomic E-state index is -0.906. The summed E-state index contributed by atoms with van der Waals surface area (Å²) in [7, 11) is 0. The molecule has 1 aliphatic heterocycles. The number of benzene rings is 2. The summed E-state index contributed by atoms with van der Waals surface area (Å²) < 4.78 is 5.14. The van der Waals surface area contributed by atoms with E-state index in [-0.39, 0.29) is 34.4 Å². The monoisotopic (exact) mass is 415 g/mol. The molecular formula is C19H14ClN3O6. The van der Waals surface area contributed by atoms with E-state index < -0.39 is 23.8 Å². The Bertz CT molecular complexity index is 1050. The molecule has 0 atom stereocenters. The van der Waals surface area contributed by atoms with Gasteiger partial charge in [0.25, 0.3) is 17.7 Å². The predicted octanol–water partition coefficient (Wildman–Crippen LogP) is 1.58. The molecule has 10 heteroatoms. The van der Waals surface area contributed by atoms with Crippen LogP contribution in [0.2, 0.25) is 5.02 Å². The number of imide groups is 2. The standard InChI is InChI=1S/C19H14ClN3O6/c20-14-8-10(1-6-15(14)29-9-16(21)25)7-13-17(26)22-19(28)23(18(13)27)11-2-4-12(24)5-3-11/h1-8,24H,9H2,(H2,21,25)(H,22,26,28)/b13-7+. The van der Waals surface area contributed by atoms with Crippen molar-refractivity contribution < 1.29 is 29.0 Å². The Labute approximate surface area is 169 Å². The smallest absolute Gasteiger partial charge is 0.335 e. The average Bonchev–Trinajstić information content (AvgIpc) is 2.65. The molecule has 9 nitrogen and oxygen atoms in total. The van der Waals surface area contributed by atoms with Gasteiger partial charge in [-0.25, -0.2) is 9.69 Å². The maximum Gasteiger partial charge on any atom is 0.335 e. The van der Waals surface area contributed by atoms with Crippen LogP contribution in [0.3, 0.4) is 0 Å². The average molecular weight is 416 g/mol. The minimum absolute atomic E-state index is 0.0428. The topological polar surface area (TPSA) is 139 Å². The molecule has 148 valence electrons. The summed E-state index contributed by atoms with van der Waals surface area (Å²) in [6.07, 6.45) is 1.27. The number of hydrogen-bond acceptors (Lipinski definition) is 6. The first-order valence-corrected chi connectivity index (χ1v) is 8.55. The first-order chi connectivity index (χ1) is 13.8. The third-order valence-electron chi connectivity index (χ3n) is 3.85. The molecule has 1 fully saturated rings. The summed E-state index contributed by atoms with van der Waals surface area (Å²) >= 11 is 6.09. The highest BCUT2D eigenvalue weighted by atomic mass is 35.5. The lowest BCUT2D eigenvalue weighted by Crippen LogP contribution is -2.54.